The average Bonchev–Trinajstić information content (AvgIpc) is 3.11. The molecule has 1 heterocycles. The largest absolute Gasteiger partial charge is 0.370 e. The van der Waals surface area contributed by atoms with E-state index in [1.54, 1.807) is 41.3 Å². The lowest BCUT2D eigenvalue weighted by Gasteiger charge is -2.24. The third kappa shape index (κ3) is 5.38. The lowest BCUT2D eigenvalue weighted by atomic mass is 10.2. The van der Waals surface area contributed by atoms with Crippen LogP contribution in [-0.2, 0) is 10.0 Å². The Kier molecular flexibility index (Phi) is 6.85. The molecule has 7 nitrogen and oxygen atoms in total. The van der Waals surface area contributed by atoms with Crippen LogP contribution in [0, 0.1) is 18.3 Å². The van der Waals surface area contributed by atoms with Gasteiger partial charge in [-0.15, -0.1) is 0 Å². The molecule has 0 unspecified atom stereocenters. The van der Waals surface area contributed by atoms with Gasteiger partial charge < -0.3 is 9.80 Å². The molecule has 0 saturated carbocycles. The second-order valence-corrected chi connectivity index (χ2v) is 9.97. The standard InChI is InChI=1S/C26H26N4O3S/c1-20-3-9-23(10-4-20)28-34(32,33)25-13-7-22(8-14-25)26(31)30-16-2-15-29(17-18-30)24-11-5-21(19-27)6-12-24/h3-14,28H,2,15-18H2,1H3. The van der Waals surface area contributed by atoms with E-state index in [1.807, 2.05) is 31.2 Å². The SMILES string of the molecule is Cc1ccc(NS(=O)(=O)c2ccc(C(=O)N3CCCN(c4ccc(C#N)cc4)CC3)cc2)cc1. The fourth-order valence-electron chi connectivity index (χ4n) is 3.92. The van der Waals surface area contributed by atoms with E-state index in [0.29, 0.717) is 36.4 Å². The lowest BCUT2D eigenvalue weighted by Crippen LogP contribution is -2.35. The first-order valence-electron chi connectivity index (χ1n) is 11.1. The van der Waals surface area contributed by atoms with Crippen LogP contribution in [0.4, 0.5) is 11.4 Å². The number of amides is 1. The van der Waals surface area contributed by atoms with Gasteiger partial charge in [0.05, 0.1) is 16.5 Å². The molecule has 0 spiro atoms. The van der Waals surface area contributed by atoms with Crippen molar-refractivity contribution in [2.24, 2.45) is 0 Å². The zero-order chi connectivity index (χ0) is 24.1. The first-order chi connectivity index (χ1) is 16.4. The maximum Gasteiger partial charge on any atom is 0.261 e. The number of nitriles is 1. The fraction of sp³-hybridized carbons (Fsp3) is 0.231. The molecule has 1 aliphatic rings. The summed E-state index contributed by atoms with van der Waals surface area (Å²) in [5.74, 6) is -0.114. The third-order valence-electron chi connectivity index (χ3n) is 5.86. The molecule has 0 aromatic heterocycles. The molecule has 1 fully saturated rings. The molecule has 4 rings (SSSR count). The van der Waals surface area contributed by atoms with Crippen LogP contribution in [-0.4, -0.2) is 45.4 Å². The Morgan fingerprint density at radius 3 is 2.21 bits per heavy atom. The molecule has 0 radical (unpaired) electrons. The smallest absolute Gasteiger partial charge is 0.261 e. The van der Waals surface area contributed by atoms with Crippen molar-refractivity contribution in [2.45, 2.75) is 18.2 Å². The van der Waals surface area contributed by atoms with Crippen LogP contribution in [0.2, 0.25) is 0 Å². The van der Waals surface area contributed by atoms with Crippen molar-refractivity contribution >= 4 is 27.3 Å². The molecular weight excluding hydrogens is 448 g/mol. The molecule has 1 saturated heterocycles. The Hall–Kier alpha value is -3.83. The van der Waals surface area contributed by atoms with Gasteiger partial charge in [0, 0.05) is 43.1 Å². The van der Waals surface area contributed by atoms with Crippen LogP contribution in [0.25, 0.3) is 0 Å². The van der Waals surface area contributed by atoms with Crippen LogP contribution in [0.3, 0.4) is 0 Å². The Balaban J connectivity index is 1.41. The number of carbonyl (C=O) groups is 1. The minimum absolute atomic E-state index is 0.104. The van der Waals surface area contributed by atoms with Crippen molar-refractivity contribution in [3.63, 3.8) is 0 Å². The van der Waals surface area contributed by atoms with Crippen molar-refractivity contribution in [2.75, 3.05) is 35.8 Å². The van der Waals surface area contributed by atoms with Crippen molar-refractivity contribution in [3.8, 4) is 6.07 Å². The average molecular weight is 475 g/mol. The molecule has 1 aliphatic heterocycles. The molecule has 0 aliphatic carbocycles. The van der Waals surface area contributed by atoms with E-state index in [1.165, 1.54) is 12.1 Å². The Labute approximate surface area is 200 Å². The van der Waals surface area contributed by atoms with Crippen LogP contribution in [0.5, 0.6) is 0 Å². The zero-order valence-electron chi connectivity index (χ0n) is 18.9. The van der Waals surface area contributed by atoms with Crippen LogP contribution >= 0.6 is 0 Å². The van der Waals surface area contributed by atoms with E-state index in [4.69, 9.17) is 5.26 Å². The number of nitrogens with one attached hydrogen (secondary N) is 1. The van der Waals surface area contributed by atoms with E-state index < -0.39 is 10.0 Å². The third-order valence-corrected chi connectivity index (χ3v) is 7.26. The van der Waals surface area contributed by atoms with Crippen molar-refractivity contribution in [1.29, 1.82) is 5.26 Å². The van der Waals surface area contributed by atoms with E-state index in [9.17, 15) is 13.2 Å². The summed E-state index contributed by atoms with van der Waals surface area (Å²) in [7, 11) is -3.74. The maximum absolute atomic E-state index is 13.1. The number of benzene rings is 3. The summed E-state index contributed by atoms with van der Waals surface area (Å²) in [6.45, 7) is 4.62. The molecule has 1 N–H and O–H groups in total. The van der Waals surface area contributed by atoms with E-state index in [2.05, 4.69) is 15.7 Å². The lowest BCUT2D eigenvalue weighted by molar-refractivity contribution is 0.0767. The first kappa shape index (κ1) is 23.3. The van der Waals surface area contributed by atoms with Crippen molar-refractivity contribution in [3.05, 3.63) is 89.5 Å². The Bertz CT molecular complexity index is 1300. The minimum atomic E-state index is -3.74. The second-order valence-electron chi connectivity index (χ2n) is 8.29. The summed E-state index contributed by atoms with van der Waals surface area (Å²) in [6, 6.07) is 22.7. The molecule has 174 valence electrons. The molecule has 3 aromatic rings. The van der Waals surface area contributed by atoms with Gasteiger partial charge in [0.25, 0.3) is 15.9 Å². The number of nitrogens with zero attached hydrogens (tertiary/aromatic N) is 3. The topological polar surface area (TPSA) is 93.5 Å². The second kappa shape index (κ2) is 9.98. The number of rotatable bonds is 5. The molecule has 0 atom stereocenters. The summed E-state index contributed by atoms with van der Waals surface area (Å²) in [5.41, 5.74) is 3.64. The van der Waals surface area contributed by atoms with Crippen LogP contribution < -0.4 is 9.62 Å². The summed E-state index contributed by atoms with van der Waals surface area (Å²) in [4.78, 5) is 17.2. The highest BCUT2D eigenvalue weighted by Crippen LogP contribution is 2.20. The van der Waals surface area contributed by atoms with Gasteiger partial charge in [0.15, 0.2) is 0 Å². The molecule has 1 amide bonds. The van der Waals surface area contributed by atoms with E-state index >= 15 is 0 Å². The van der Waals surface area contributed by atoms with Gasteiger partial charge in [-0.2, -0.15) is 5.26 Å². The highest BCUT2D eigenvalue weighted by atomic mass is 32.2. The molecular formula is C26H26N4O3S. The van der Waals surface area contributed by atoms with Gasteiger partial charge >= 0.3 is 0 Å². The van der Waals surface area contributed by atoms with Crippen LogP contribution in [0.15, 0.2) is 77.7 Å². The van der Waals surface area contributed by atoms with Gasteiger partial charge in [-0.3, -0.25) is 9.52 Å². The number of aryl methyl sites for hydroxylation is 1. The number of carbonyl (C=O) groups excluding carboxylic acids is 1. The summed E-state index contributed by atoms with van der Waals surface area (Å²) in [5, 5.41) is 8.98. The number of hydrogen-bond acceptors (Lipinski definition) is 5. The van der Waals surface area contributed by atoms with Gasteiger partial charge in [-0.05, 0) is 74.0 Å². The molecule has 0 bridgehead atoms. The number of sulfonamides is 1. The highest BCUT2D eigenvalue weighted by molar-refractivity contribution is 7.92. The van der Waals surface area contributed by atoms with Crippen molar-refractivity contribution < 1.29 is 13.2 Å². The van der Waals surface area contributed by atoms with E-state index in [0.717, 1.165) is 24.2 Å². The molecule has 34 heavy (non-hydrogen) atoms. The quantitative estimate of drug-likeness (QED) is 0.603. The monoisotopic (exact) mass is 474 g/mol. The van der Waals surface area contributed by atoms with Gasteiger partial charge in [0.1, 0.15) is 0 Å². The van der Waals surface area contributed by atoms with E-state index in [-0.39, 0.29) is 10.8 Å². The predicted molar refractivity (Wildman–Crippen MR) is 132 cm³/mol. The van der Waals surface area contributed by atoms with Gasteiger partial charge in [-0.1, -0.05) is 17.7 Å². The predicted octanol–water partition coefficient (Wildman–Crippen LogP) is 4.02. The number of anilines is 2. The summed E-state index contributed by atoms with van der Waals surface area (Å²) in [6.07, 6.45) is 0.818. The van der Waals surface area contributed by atoms with Crippen LogP contribution in [0.1, 0.15) is 27.9 Å². The zero-order valence-corrected chi connectivity index (χ0v) is 19.8. The van der Waals surface area contributed by atoms with Gasteiger partial charge in [-0.25, -0.2) is 8.42 Å². The normalized spacial score (nSPS) is 14.2. The fourth-order valence-corrected chi connectivity index (χ4v) is 4.98. The summed E-state index contributed by atoms with van der Waals surface area (Å²) < 4.78 is 28.0. The maximum atomic E-state index is 13.1. The summed E-state index contributed by atoms with van der Waals surface area (Å²) >= 11 is 0. The Morgan fingerprint density at radius 2 is 1.56 bits per heavy atom. The van der Waals surface area contributed by atoms with Gasteiger partial charge in [0.2, 0.25) is 0 Å². The first-order valence-corrected chi connectivity index (χ1v) is 12.6. The van der Waals surface area contributed by atoms with Crippen molar-refractivity contribution in [1.82, 2.24) is 4.90 Å². The number of hydrogen-bond donors (Lipinski definition) is 1. The molecule has 3 aromatic carbocycles. The minimum Gasteiger partial charge on any atom is -0.370 e. The Morgan fingerprint density at radius 1 is 0.882 bits per heavy atom. The molecule has 8 heteroatoms. The highest BCUT2D eigenvalue weighted by Gasteiger charge is 2.22.